The molecular formula is C20H15ClN4O. The lowest BCUT2D eigenvalue weighted by molar-refractivity contribution is 0.466. The van der Waals surface area contributed by atoms with Gasteiger partial charge in [0.05, 0.1) is 0 Å². The van der Waals surface area contributed by atoms with Gasteiger partial charge in [0.1, 0.15) is 17.7 Å². The molecule has 1 N–H and O–H groups in total. The second-order valence-electron chi connectivity index (χ2n) is 5.65. The smallest absolute Gasteiger partial charge is 0.224 e. The maximum absolute atomic E-state index is 5.93. The van der Waals surface area contributed by atoms with Gasteiger partial charge < -0.3 is 10.1 Å². The molecule has 0 radical (unpaired) electrons. The number of ether oxygens (including phenoxy) is 1. The number of nitrogens with one attached hydrogen (secondary N) is 1. The molecule has 2 aromatic carbocycles. The van der Waals surface area contributed by atoms with Crippen LogP contribution in [-0.4, -0.2) is 15.0 Å². The third-order valence-electron chi connectivity index (χ3n) is 3.84. The molecule has 5 nitrogen and oxygen atoms in total. The van der Waals surface area contributed by atoms with Gasteiger partial charge in [0.15, 0.2) is 5.75 Å². The van der Waals surface area contributed by atoms with Crippen molar-refractivity contribution in [3.8, 4) is 11.6 Å². The maximum atomic E-state index is 5.93. The molecule has 0 unspecified atom stereocenters. The second kappa shape index (κ2) is 7.37. The first-order valence-electron chi connectivity index (χ1n) is 8.10. The molecule has 0 amide bonds. The van der Waals surface area contributed by atoms with E-state index in [1.807, 2.05) is 54.6 Å². The predicted octanol–water partition coefficient (Wildman–Crippen LogP) is 5.08. The Bertz CT molecular complexity index is 1030. The van der Waals surface area contributed by atoms with Crippen molar-refractivity contribution in [2.45, 2.75) is 6.54 Å². The van der Waals surface area contributed by atoms with Gasteiger partial charge in [0, 0.05) is 29.2 Å². The van der Waals surface area contributed by atoms with Crippen LogP contribution >= 0.6 is 11.6 Å². The molecule has 0 spiro atoms. The van der Waals surface area contributed by atoms with Crippen LogP contribution in [0, 0.1) is 0 Å². The minimum absolute atomic E-state index is 0.455. The van der Waals surface area contributed by atoms with E-state index in [1.54, 1.807) is 12.3 Å². The fourth-order valence-electron chi connectivity index (χ4n) is 2.56. The zero-order chi connectivity index (χ0) is 17.8. The summed E-state index contributed by atoms with van der Waals surface area (Å²) in [5.74, 6) is 1.79. The van der Waals surface area contributed by atoms with E-state index < -0.39 is 0 Å². The van der Waals surface area contributed by atoms with E-state index in [-0.39, 0.29) is 0 Å². The van der Waals surface area contributed by atoms with Gasteiger partial charge in [-0.1, -0.05) is 41.9 Å². The van der Waals surface area contributed by atoms with E-state index in [4.69, 9.17) is 16.3 Å². The molecule has 4 aromatic rings. The molecule has 0 fully saturated rings. The van der Waals surface area contributed by atoms with Gasteiger partial charge in [-0.3, -0.25) is 4.98 Å². The second-order valence-corrected chi connectivity index (χ2v) is 6.09. The van der Waals surface area contributed by atoms with Crippen LogP contribution in [-0.2, 0) is 6.54 Å². The Labute approximate surface area is 155 Å². The lowest BCUT2D eigenvalue weighted by Gasteiger charge is -2.09. The van der Waals surface area contributed by atoms with Crippen LogP contribution in [0.2, 0.25) is 5.02 Å². The highest BCUT2D eigenvalue weighted by Crippen LogP contribution is 2.27. The average molecular weight is 363 g/mol. The quantitative estimate of drug-likeness (QED) is 0.536. The van der Waals surface area contributed by atoms with Crippen LogP contribution < -0.4 is 10.1 Å². The summed E-state index contributed by atoms with van der Waals surface area (Å²) >= 11 is 5.91. The molecule has 0 saturated carbocycles. The number of hydrogen-bond donors (Lipinski definition) is 1. The fraction of sp³-hybridized carbons (Fsp3) is 0.0500. The summed E-state index contributed by atoms with van der Waals surface area (Å²) in [7, 11) is 0. The van der Waals surface area contributed by atoms with Crippen LogP contribution in [0.15, 0.2) is 73.2 Å². The summed E-state index contributed by atoms with van der Waals surface area (Å²) in [6, 6.07) is 19.1. The first kappa shape index (κ1) is 16.3. The number of nitrogens with zero attached hydrogens (tertiary/aromatic N) is 3. The van der Waals surface area contributed by atoms with Gasteiger partial charge in [-0.25, -0.2) is 9.97 Å². The first-order chi connectivity index (χ1) is 12.8. The van der Waals surface area contributed by atoms with Gasteiger partial charge in [-0.2, -0.15) is 0 Å². The molecule has 128 valence electrons. The number of benzene rings is 2. The minimum atomic E-state index is 0.455. The zero-order valence-electron chi connectivity index (χ0n) is 13.8. The van der Waals surface area contributed by atoms with Crippen molar-refractivity contribution in [2.75, 3.05) is 5.32 Å². The van der Waals surface area contributed by atoms with E-state index in [1.165, 1.54) is 6.33 Å². The summed E-state index contributed by atoms with van der Waals surface area (Å²) in [5, 5.41) is 4.99. The van der Waals surface area contributed by atoms with Gasteiger partial charge in [0.2, 0.25) is 5.88 Å². The predicted molar refractivity (Wildman–Crippen MR) is 103 cm³/mol. The van der Waals surface area contributed by atoms with Crippen LogP contribution in [0.5, 0.6) is 11.6 Å². The Kier molecular flexibility index (Phi) is 4.62. The van der Waals surface area contributed by atoms with E-state index in [9.17, 15) is 0 Å². The molecular weight excluding hydrogens is 348 g/mol. The van der Waals surface area contributed by atoms with Crippen molar-refractivity contribution in [3.63, 3.8) is 0 Å². The van der Waals surface area contributed by atoms with E-state index in [0.717, 1.165) is 21.5 Å². The molecule has 2 heterocycles. The van der Waals surface area contributed by atoms with Crippen LogP contribution in [0.1, 0.15) is 5.56 Å². The Hall–Kier alpha value is -3.18. The highest BCUT2D eigenvalue weighted by molar-refractivity contribution is 6.30. The van der Waals surface area contributed by atoms with Crippen molar-refractivity contribution in [1.82, 2.24) is 15.0 Å². The van der Waals surface area contributed by atoms with Gasteiger partial charge in [-0.05, 0) is 29.8 Å². The topological polar surface area (TPSA) is 59.9 Å². The monoisotopic (exact) mass is 362 g/mol. The van der Waals surface area contributed by atoms with Gasteiger partial charge >= 0.3 is 0 Å². The van der Waals surface area contributed by atoms with Crippen molar-refractivity contribution in [3.05, 3.63) is 83.8 Å². The van der Waals surface area contributed by atoms with Crippen molar-refractivity contribution >= 4 is 28.3 Å². The molecule has 6 heteroatoms. The highest BCUT2D eigenvalue weighted by Gasteiger charge is 2.06. The number of fused-ring (bicyclic) bond motifs is 1. The third kappa shape index (κ3) is 3.73. The number of halogens is 1. The average Bonchev–Trinajstić information content (AvgIpc) is 2.68. The molecule has 4 rings (SSSR count). The number of hydrogen-bond acceptors (Lipinski definition) is 5. The van der Waals surface area contributed by atoms with E-state index >= 15 is 0 Å². The van der Waals surface area contributed by atoms with E-state index in [0.29, 0.717) is 24.0 Å². The minimum Gasteiger partial charge on any atom is -0.437 e. The zero-order valence-corrected chi connectivity index (χ0v) is 14.5. The number of anilines is 1. The summed E-state index contributed by atoms with van der Waals surface area (Å²) in [5.41, 5.74) is 1.90. The standard InChI is InChI=1S/C20H15ClN4O/c21-16-8-6-14(7-9-16)12-23-18-11-19(25-13-24-18)26-17-5-1-3-15-4-2-10-22-20(15)17/h1-11,13H,12H2,(H,23,24,25). The summed E-state index contributed by atoms with van der Waals surface area (Å²) in [6.45, 7) is 0.628. The van der Waals surface area contributed by atoms with Crippen molar-refractivity contribution in [2.24, 2.45) is 0 Å². The van der Waals surface area contributed by atoms with Crippen molar-refractivity contribution in [1.29, 1.82) is 0 Å². The Balaban J connectivity index is 1.51. The van der Waals surface area contributed by atoms with Gasteiger partial charge in [0.25, 0.3) is 0 Å². The lowest BCUT2D eigenvalue weighted by atomic mass is 10.2. The number of pyridine rings is 1. The maximum Gasteiger partial charge on any atom is 0.224 e. The Morgan fingerprint density at radius 1 is 0.923 bits per heavy atom. The third-order valence-corrected chi connectivity index (χ3v) is 4.09. The van der Waals surface area contributed by atoms with E-state index in [2.05, 4.69) is 20.3 Å². The Morgan fingerprint density at radius 3 is 2.65 bits per heavy atom. The van der Waals surface area contributed by atoms with Crippen molar-refractivity contribution < 1.29 is 4.74 Å². The Morgan fingerprint density at radius 2 is 1.77 bits per heavy atom. The molecule has 0 bridgehead atoms. The van der Waals surface area contributed by atoms with Crippen LogP contribution in [0.3, 0.4) is 0 Å². The van der Waals surface area contributed by atoms with Gasteiger partial charge in [-0.15, -0.1) is 0 Å². The first-order valence-corrected chi connectivity index (χ1v) is 8.48. The largest absolute Gasteiger partial charge is 0.437 e. The summed E-state index contributed by atoms with van der Waals surface area (Å²) in [6.07, 6.45) is 3.21. The number of rotatable bonds is 5. The summed E-state index contributed by atoms with van der Waals surface area (Å²) in [4.78, 5) is 12.8. The molecule has 0 aliphatic rings. The SMILES string of the molecule is Clc1ccc(CNc2cc(Oc3cccc4cccnc34)ncn2)cc1. The lowest BCUT2D eigenvalue weighted by Crippen LogP contribution is -2.02. The van der Waals surface area contributed by atoms with Crippen LogP contribution in [0.4, 0.5) is 5.82 Å². The summed E-state index contributed by atoms with van der Waals surface area (Å²) < 4.78 is 5.93. The molecule has 0 aliphatic heterocycles. The van der Waals surface area contributed by atoms with Crippen LogP contribution in [0.25, 0.3) is 10.9 Å². The normalized spacial score (nSPS) is 10.7. The molecule has 0 aliphatic carbocycles. The number of para-hydroxylation sites is 1. The fourth-order valence-corrected chi connectivity index (χ4v) is 2.68. The molecule has 0 atom stereocenters. The molecule has 2 aromatic heterocycles. The molecule has 26 heavy (non-hydrogen) atoms. The molecule has 0 saturated heterocycles. The number of aromatic nitrogens is 3. The highest BCUT2D eigenvalue weighted by atomic mass is 35.5.